The highest BCUT2D eigenvalue weighted by Crippen LogP contribution is 2.11. The van der Waals surface area contributed by atoms with Gasteiger partial charge in [-0.15, -0.1) is 0 Å². The van der Waals surface area contributed by atoms with E-state index < -0.39 is 0 Å². The quantitative estimate of drug-likeness (QED) is 0.854. The van der Waals surface area contributed by atoms with Gasteiger partial charge in [-0.2, -0.15) is 4.98 Å². The first-order chi connectivity index (χ1) is 9.62. The number of nitrogens with zero attached hydrogens (tertiary/aromatic N) is 3. The molecule has 7 heteroatoms. The summed E-state index contributed by atoms with van der Waals surface area (Å²) in [5.41, 5.74) is 1.42. The molecule has 0 aliphatic heterocycles. The first-order valence-electron chi connectivity index (χ1n) is 6.38. The Bertz CT molecular complexity index is 586. The second-order valence-corrected chi connectivity index (χ2v) is 4.25. The van der Waals surface area contributed by atoms with Gasteiger partial charge in [-0.05, 0) is 18.6 Å². The molecule has 20 heavy (non-hydrogen) atoms. The van der Waals surface area contributed by atoms with Gasteiger partial charge in [-0.1, -0.05) is 12.1 Å². The van der Waals surface area contributed by atoms with Crippen LogP contribution in [0.2, 0.25) is 0 Å². The van der Waals surface area contributed by atoms with Crippen LogP contribution in [0, 0.1) is 6.92 Å². The molecular weight excluding hydrogens is 258 g/mol. The van der Waals surface area contributed by atoms with E-state index in [1.54, 1.807) is 26.1 Å². The highest BCUT2D eigenvalue weighted by atomic mass is 16.5. The van der Waals surface area contributed by atoms with Crippen LogP contribution in [-0.2, 0) is 13.0 Å². The molecule has 0 aliphatic rings. The fourth-order valence-electron chi connectivity index (χ4n) is 1.70. The number of rotatable bonds is 5. The van der Waals surface area contributed by atoms with Crippen LogP contribution in [0.15, 0.2) is 16.7 Å². The number of hydrogen-bond acceptors (Lipinski definition) is 6. The molecule has 0 saturated carbocycles. The van der Waals surface area contributed by atoms with E-state index in [1.165, 1.54) is 0 Å². The van der Waals surface area contributed by atoms with E-state index in [2.05, 4.69) is 25.8 Å². The fraction of sp³-hybridized carbons (Fsp3) is 0.385. The van der Waals surface area contributed by atoms with Gasteiger partial charge in [0.15, 0.2) is 5.82 Å². The van der Waals surface area contributed by atoms with E-state index >= 15 is 0 Å². The van der Waals surface area contributed by atoms with E-state index in [0.717, 1.165) is 12.1 Å². The molecule has 2 aromatic heterocycles. The number of carbonyl (C=O) groups is 1. The standard InChI is InChI=1S/C13H17N5O2/c1-4-10-5-9(6-11(14-3)17-10)13(19)15-7-12-16-8(2)20-18-12/h5-6H,4,7H2,1-3H3,(H,14,17)(H,15,19). The number of nitrogens with one attached hydrogen (secondary N) is 2. The van der Waals surface area contributed by atoms with Crippen molar-refractivity contribution in [1.82, 2.24) is 20.4 Å². The maximum atomic E-state index is 12.1. The van der Waals surface area contributed by atoms with Crippen molar-refractivity contribution < 1.29 is 9.32 Å². The lowest BCUT2D eigenvalue weighted by Crippen LogP contribution is -2.23. The van der Waals surface area contributed by atoms with Gasteiger partial charge in [-0.3, -0.25) is 4.79 Å². The topological polar surface area (TPSA) is 92.9 Å². The second kappa shape index (κ2) is 6.14. The summed E-state index contributed by atoms with van der Waals surface area (Å²) in [5.74, 6) is 1.41. The summed E-state index contributed by atoms with van der Waals surface area (Å²) in [6.45, 7) is 3.92. The molecular formula is C13H17N5O2. The van der Waals surface area contributed by atoms with E-state index in [1.807, 2.05) is 6.92 Å². The summed E-state index contributed by atoms with van der Waals surface area (Å²) in [7, 11) is 1.77. The highest BCUT2D eigenvalue weighted by Gasteiger charge is 2.10. The Balaban J connectivity index is 2.08. The maximum Gasteiger partial charge on any atom is 0.251 e. The van der Waals surface area contributed by atoms with Gasteiger partial charge in [0.1, 0.15) is 5.82 Å². The molecule has 7 nitrogen and oxygen atoms in total. The zero-order valence-electron chi connectivity index (χ0n) is 11.7. The molecule has 1 amide bonds. The number of amides is 1. The average molecular weight is 275 g/mol. The van der Waals surface area contributed by atoms with Crippen LogP contribution >= 0.6 is 0 Å². The lowest BCUT2D eigenvalue weighted by Gasteiger charge is -2.07. The molecule has 2 heterocycles. The zero-order chi connectivity index (χ0) is 14.5. The van der Waals surface area contributed by atoms with Crippen molar-refractivity contribution >= 4 is 11.7 Å². The Morgan fingerprint density at radius 1 is 1.35 bits per heavy atom. The molecule has 0 atom stereocenters. The molecule has 0 radical (unpaired) electrons. The van der Waals surface area contributed by atoms with E-state index in [4.69, 9.17) is 4.52 Å². The Kier molecular flexibility index (Phi) is 4.29. The van der Waals surface area contributed by atoms with Crippen molar-refractivity contribution in [2.45, 2.75) is 26.8 Å². The SMILES string of the molecule is CCc1cc(C(=O)NCc2noc(C)n2)cc(NC)n1. The predicted molar refractivity (Wildman–Crippen MR) is 73.4 cm³/mol. The Morgan fingerprint density at radius 2 is 2.15 bits per heavy atom. The maximum absolute atomic E-state index is 12.1. The minimum absolute atomic E-state index is 0.193. The first kappa shape index (κ1) is 14.0. The molecule has 0 spiro atoms. The lowest BCUT2D eigenvalue weighted by molar-refractivity contribution is 0.0949. The van der Waals surface area contributed by atoms with Crippen molar-refractivity contribution in [3.05, 3.63) is 35.1 Å². The summed E-state index contributed by atoms with van der Waals surface area (Å²) in [6.07, 6.45) is 0.764. The van der Waals surface area contributed by atoms with Gasteiger partial charge < -0.3 is 15.2 Å². The van der Waals surface area contributed by atoms with Crippen LogP contribution in [0.1, 0.15) is 34.7 Å². The molecule has 0 aromatic carbocycles. The molecule has 0 aliphatic carbocycles. The summed E-state index contributed by atoms with van der Waals surface area (Å²) < 4.78 is 4.84. The van der Waals surface area contributed by atoms with Crippen molar-refractivity contribution in [2.24, 2.45) is 0 Å². The van der Waals surface area contributed by atoms with Crippen molar-refractivity contribution in [3.8, 4) is 0 Å². The molecule has 2 rings (SSSR count). The van der Waals surface area contributed by atoms with Crippen molar-refractivity contribution in [3.63, 3.8) is 0 Å². The van der Waals surface area contributed by atoms with Crippen molar-refractivity contribution in [1.29, 1.82) is 0 Å². The summed E-state index contributed by atoms with van der Waals surface area (Å²) in [5, 5.41) is 9.42. The number of aromatic nitrogens is 3. The average Bonchev–Trinajstić information content (AvgIpc) is 2.89. The molecule has 0 saturated heterocycles. The molecule has 0 bridgehead atoms. The number of hydrogen-bond donors (Lipinski definition) is 2. The summed E-state index contributed by atoms with van der Waals surface area (Å²) >= 11 is 0. The highest BCUT2D eigenvalue weighted by molar-refractivity contribution is 5.94. The Labute approximate surface area is 116 Å². The van der Waals surface area contributed by atoms with Crippen LogP contribution < -0.4 is 10.6 Å². The van der Waals surface area contributed by atoms with Gasteiger partial charge in [0.2, 0.25) is 5.89 Å². The minimum Gasteiger partial charge on any atom is -0.373 e. The van der Waals surface area contributed by atoms with E-state index in [9.17, 15) is 4.79 Å². The third-order valence-electron chi connectivity index (χ3n) is 2.74. The Hall–Kier alpha value is -2.44. The van der Waals surface area contributed by atoms with Crippen LogP contribution in [0.4, 0.5) is 5.82 Å². The first-order valence-corrected chi connectivity index (χ1v) is 6.38. The van der Waals surface area contributed by atoms with Gasteiger partial charge in [-0.25, -0.2) is 4.98 Å². The lowest BCUT2D eigenvalue weighted by atomic mass is 10.2. The smallest absolute Gasteiger partial charge is 0.251 e. The summed E-state index contributed by atoms with van der Waals surface area (Å²) in [4.78, 5) is 20.5. The largest absolute Gasteiger partial charge is 0.373 e. The summed E-state index contributed by atoms with van der Waals surface area (Å²) in [6, 6.07) is 3.48. The number of pyridine rings is 1. The van der Waals surface area contributed by atoms with Gasteiger partial charge >= 0.3 is 0 Å². The number of carbonyl (C=O) groups excluding carboxylic acids is 1. The Morgan fingerprint density at radius 3 is 2.75 bits per heavy atom. The van der Waals surface area contributed by atoms with Crippen LogP contribution in [0.25, 0.3) is 0 Å². The van der Waals surface area contributed by atoms with Crippen LogP contribution in [0.3, 0.4) is 0 Å². The number of aryl methyl sites for hydroxylation is 2. The third kappa shape index (κ3) is 3.31. The molecule has 0 unspecified atom stereocenters. The molecule has 2 aromatic rings. The predicted octanol–water partition coefficient (Wildman–Crippen LogP) is 1.31. The van der Waals surface area contributed by atoms with Crippen molar-refractivity contribution in [2.75, 3.05) is 12.4 Å². The fourth-order valence-corrected chi connectivity index (χ4v) is 1.70. The second-order valence-electron chi connectivity index (χ2n) is 4.25. The van der Waals surface area contributed by atoms with E-state index in [-0.39, 0.29) is 12.5 Å². The van der Waals surface area contributed by atoms with Gasteiger partial charge in [0.05, 0.1) is 6.54 Å². The minimum atomic E-state index is -0.193. The number of anilines is 1. The molecule has 0 fully saturated rings. The molecule has 106 valence electrons. The van der Waals surface area contributed by atoms with E-state index in [0.29, 0.717) is 23.1 Å². The molecule has 2 N–H and O–H groups in total. The van der Waals surface area contributed by atoms with Gasteiger partial charge in [0, 0.05) is 25.2 Å². The monoisotopic (exact) mass is 275 g/mol. The van der Waals surface area contributed by atoms with Gasteiger partial charge in [0.25, 0.3) is 5.91 Å². The van der Waals surface area contributed by atoms with Crippen LogP contribution in [-0.4, -0.2) is 28.1 Å². The zero-order valence-corrected chi connectivity index (χ0v) is 11.7. The normalized spacial score (nSPS) is 10.3. The third-order valence-corrected chi connectivity index (χ3v) is 2.74. The van der Waals surface area contributed by atoms with Crippen LogP contribution in [0.5, 0.6) is 0 Å².